The Labute approximate surface area is 163 Å². The summed E-state index contributed by atoms with van der Waals surface area (Å²) in [6.07, 6.45) is 2.17. The molecular formula is C21H35N3O3. The molecular weight excluding hydrogens is 342 g/mol. The summed E-state index contributed by atoms with van der Waals surface area (Å²) in [6.45, 7) is 9.67. The van der Waals surface area contributed by atoms with Crippen LogP contribution < -0.4 is 5.32 Å². The predicted octanol–water partition coefficient (Wildman–Crippen LogP) is 2.70. The summed E-state index contributed by atoms with van der Waals surface area (Å²) in [5, 5.41) is 3.48. The van der Waals surface area contributed by atoms with Crippen LogP contribution >= 0.6 is 0 Å². The fourth-order valence-corrected chi connectivity index (χ4v) is 3.32. The Morgan fingerprint density at radius 2 is 2.11 bits per heavy atom. The number of nitrogens with zero attached hydrogens (tertiary/aromatic N) is 2. The lowest BCUT2D eigenvalue weighted by Gasteiger charge is -2.35. The Morgan fingerprint density at radius 1 is 1.26 bits per heavy atom. The van der Waals surface area contributed by atoms with Crippen LogP contribution in [0.25, 0.3) is 0 Å². The van der Waals surface area contributed by atoms with E-state index in [1.807, 2.05) is 7.05 Å². The Balaban J connectivity index is 1.77. The molecule has 2 rings (SSSR count). The summed E-state index contributed by atoms with van der Waals surface area (Å²) in [5.41, 5.74) is 3.85. The number of morpholine rings is 1. The normalized spacial score (nSPS) is 18.0. The van der Waals surface area contributed by atoms with Crippen molar-refractivity contribution in [1.82, 2.24) is 10.2 Å². The van der Waals surface area contributed by atoms with Crippen molar-refractivity contribution < 1.29 is 14.2 Å². The van der Waals surface area contributed by atoms with E-state index < -0.39 is 0 Å². The van der Waals surface area contributed by atoms with Gasteiger partial charge in [0.2, 0.25) is 0 Å². The molecule has 0 spiro atoms. The molecule has 6 heteroatoms. The van der Waals surface area contributed by atoms with Gasteiger partial charge in [0.15, 0.2) is 5.96 Å². The third-order valence-electron chi connectivity index (χ3n) is 4.78. The first-order valence-corrected chi connectivity index (χ1v) is 9.86. The molecule has 1 fully saturated rings. The van der Waals surface area contributed by atoms with E-state index in [4.69, 9.17) is 14.2 Å². The molecule has 1 atom stereocenters. The molecule has 1 aromatic carbocycles. The Bertz CT molecular complexity index is 592. The van der Waals surface area contributed by atoms with Crippen molar-refractivity contribution in [2.24, 2.45) is 4.99 Å². The van der Waals surface area contributed by atoms with Gasteiger partial charge < -0.3 is 24.4 Å². The molecule has 1 heterocycles. The first-order chi connectivity index (χ1) is 13.2. The molecule has 0 aliphatic carbocycles. The monoisotopic (exact) mass is 377 g/mol. The highest BCUT2D eigenvalue weighted by Crippen LogP contribution is 2.25. The molecule has 1 N–H and O–H groups in total. The van der Waals surface area contributed by atoms with E-state index in [1.54, 1.807) is 7.11 Å². The van der Waals surface area contributed by atoms with E-state index in [1.165, 1.54) is 16.7 Å². The molecule has 0 amide bonds. The van der Waals surface area contributed by atoms with Gasteiger partial charge in [0.1, 0.15) is 6.10 Å². The average Bonchev–Trinajstić information content (AvgIpc) is 2.67. The molecule has 0 aromatic heterocycles. The number of ether oxygens (including phenoxy) is 3. The second kappa shape index (κ2) is 12.0. The van der Waals surface area contributed by atoms with E-state index in [0.717, 1.165) is 45.0 Å². The zero-order chi connectivity index (χ0) is 19.5. The highest BCUT2D eigenvalue weighted by Gasteiger charge is 2.25. The highest BCUT2D eigenvalue weighted by atomic mass is 16.5. The zero-order valence-electron chi connectivity index (χ0n) is 17.3. The molecule has 27 heavy (non-hydrogen) atoms. The number of nitrogens with one attached hydrogen (secondary N) is 1. The van der Waals surface area contributed by atoms with Crippen LogP contribution in [0.4, 0.5) is 0 Å². The van der Waals surface area contributed by atoms with Gasteiger partial charge in [-0.25, -0.2) is 0 Å². The average molecular weight is 378 g/mol. The summed E-state index contributed by atoms with van der Waals surface area (Å²) in [7, 11) is 3.53. The number of hydrogen-bond acceptors (Lipinski definition) is 4. The van der Waals surface area contributed by atoms with E-state index >= 15 is 0 Å². The molecule has 152 valence electrons. The number of hydrogen-bond donors (Lipinski definition) is 1. The van der Waals surface area contributed by atoms with Gasteiger partial charge in [0, 0.05) is 33.9 Å². The lowest BCUT2D eigenvalue weighted by Crippen LogP contribution is -2.48. The van der Waals surface area contributed by atoms with Crippen LogP contribution in [0.3, 0.4) is 0 Å². The van der Waals surface area contributed by atoms with Crippen molar-refractivity contribution in [3.63, 3.8) is 0 Å². The van der Waals surface area contributed by atoms with E-state index in [0.29, 0.717) is 19.8 Å². The lowest BCUT2D eigenvalue weighted by molar-refractivity contribution is -0.00832. The fraction of sp³-hybridized carbons (Fsp3) is 0.667. The number of benzene rings is 1. The number of methoxy groups -OCH3 is 1. The molecule has 0 saturated carbocycles. The standard InChI is InChI=1S/C21H35N3O3/c1-17-7-8-19(18(2)15-17)20-16-24(10-12-27-20)21(22-3)23-9-5-6-11-26-14-13-25-4/h7-8,15,20H,5-6,9-14,16H2,1-4H3,(H,22,23). The Hall–Kier alpha value is -1.63. The van der Waals surface area contributed by atoms with Gasteiger partial charge in [0.05, 0.1) is 26.4 Å². The number of unbranched alkanes of at least 4 members (excludes halogenated alkanes) is 1. The minimum Gasteiger partial charge on any atom is -0.382 e. The first-order valence-electron chi connectivity index (χ1n) is 9.86. The van der Waals surface area contributed by atoms with Gasteiger partial charge in [0.25, 0.3) is 0 Å². The molecule has 1 aromatic rings. The zero-order valence-corrected chi connectivity index (χ0v) is 17.3. The summed E-state index contributed by atoms with van der Waals surface area (Å²) >= 11 is 0. The SMILES string of the molecule is CN=C(NCCCCOCCOC)N1CCOC(c2ccc(C)cc2C)C1. The van der Waals surface area contributed by atoms with E-state index in [2.05, 4.69) is 47.3 Å². The Morgan fingerprint density at radius 3 is 2.85 bits per heavy atom. The maximum Gasteiger partial charge on any atom is 0.193 e. The third-order valence-corrected chi connectivity index (χ3v) is 4.78. The van der Waals surface area contributed by atoms with Crippen molar-refractivity contribution in [2.75, 3.05) is 60.2 Å². The minimum absolute atomic E-state index is 0.0899. The second-order valence-electron chi connectivity index (χ2n) is 6.95. The fourth-order valence-electron chi connectivity index (χ4n) is 3.32. The highest BCUT2D eigenvalue weighted by molar-refractivity contribution is 5.80. The largest absolute Gasteiger partial charge is 0.382 e. The number of aryl methyl sites for hydroxylation is 2. The van der Waals surface area contributed by atoms with Crippen molar-refractivity contribution in [3.8, 4) is 0 Å². The first kappa shape index (κ1) is 21.7. The molecule has 1 aliphatic rings. The number of aliphatic imine (C=N–C) groups is 1. The van der Waals surface area contributed by atoms with E-state index in [9.17, 15) is 0 Å². The van der Waals surface area contributed by atoms with Gasteiger partial charge in [-0.3, -0.25) is 4.99 Å². The topological polar surface area (TPSA) is 55.3 Å². The van der Waals surface area contributed by atoms with Crippen molar-refractivity contribution in [2.45, 2.75) is 32.8 Å². The predicted molar refractivity (Wildman–Crippen MR) is 109 cm³/mol. The van der Waals surface area contributed by atoms with Gasteiger partial charge in [-0.1, -0.05) is 23.8 Å². The maximum atomic E-state index is 6.05. The molecule has 6 nitrogen and oxygen atoms in total. The second-order valence-corrected chi connectivity index (χ2v) is 6.95. The van der Waals surface area contributed by atoms with Crippen LogP contribution in [0, 0.1) is 13.8 Å². The van der Waals surface area contributed by atoms with Gasteiger partial charge in [-0.2, -0.15) is 0 Å². The minimum atomic E-state index is 0.0899. The molecule has 1 saturated heterocycles. The smallest absolute Gasteiger partial charge is 0.193 e. The van der Waals surface area contributed by atoms with Crippen LogP contribution in [0.1, 0.15) is 35.6 Å². The molecule has 1 unspecified atom stereocenters. The van der Waals surface area contributed by atoms with Crippen LogP contribution in [0.15, 0.2) is 23.2 Å². The summed E-state index contributed by atoms with van der Waals surface area (Å²) in [6, 6.07) is 6.57. The summed E-state index contributed by atoms with van der Waals surface area (Å²) in [4.78, 5) is 6.76. The maximum absolute atomic E-state index is 6.05. The number of guanidine groups is 1. The van der Waals surface area contributed by atoms with E-state index in [-0.39, 0.29) is 6.10 Å². The third kappa shape index (κ3) is 7.13. The summed E-state index contributed by atoms with van der Waals surface area (Å²) in [5.74, 6) is 0.952. The quantitative estimate of drug-likeness (QED) is 0.407. The van der Waals surface area contributed by atoms with Crippen molar-refractivity contribution in [3.05, 3.63) is 34.9 Å². The van der Waals surface area contributed by atoms with Crippen molar-refractivity contribution >= 4 is 5.96 Å². The van der Waals surface area contributed by atoms with Gasteiger partial charge in [-0.15, -0.1) is 0 Å². The van der Waals surface area contributed by atoms with Gasteiger partial charge in [-0.05, 0) is 37.8 Å². The number of rotatable bonds is 9. The van der Waals surface area contributed by atoms with Crippen LogP contribution in [-0.2, 0) is 14.2 Å². The molecule has 1 aliphatic heterocycles. The molecule has 0 radical (unpaired) electrons. The van der Waals surface area contributed by atoms with Gasteiger partial charge >= 0.3 is 0 Å². The summed E-state index contributed by atoms with van der Waals surface area (Å²) < 4.78 is 16.5. The van der Waals surface area contributed by atoms with Crippen molar-refractivity contribution in [1.29, 1.82) is 0 Å². The van der Waals surface area contributed by atoms with Crippen LogP contribution in [0.2, 0.25) is 0 Å². The lowest BCUT2D eigenvalue weighted by atomic mass is 10.00. The van der Waals surface area contributed by atoms with Crippen LogP contribution in [-0.4, -0.2) is 71.1 Å². The molecule has 0 bridgehead atoms. The Kier molecular flexibility index (Phi) is 9.59. The van der Waals surface area contributed by atoms with Crippen LogP contribution in [0.5, 0.6) is 0 Å².